The van der Waals surface area contributed by atoms with Gasteiger partial charge in [-0.25, -0.2) is 0 Å². The van der Waals surface area contributed by atoms with Gasteiger partial charge >= 0.3 is 0 Å². The first-order chi connectivity index (χ1) is 15.5. The van der Waals surface area contributed by atoms with Gasteiger partial charge in [-0.15, -0.1) is 0 Å². The van der Waals surface area contributed by atoms with Crippen molar-refractivity contribution in [1.29, 1.82) is 0 Å². The standard InChI is InChI=1S/C26H27O5P/c1-16-13-26(32-27)17(2)19(15-21-24(30-5)11-8-12-25(21)31-6)18(16)14-20-22(28-3)9-7-10-23(20)29-4/h7-15H,1-6H3. The maximum Gasteiger partial charge on any atom is 0.192 e. The molecule has 0 radical (unpaired) electrons. The molecule has 0 spiro atoms. The Balaban J connectivity index is 2.51. The van der Waals surface area contributed by atoms with E-state index in [0.717, 1.165) is 38.0 Å². The van der Waals surface area contributed by atoms with E-state index in [-0.39, 0.29) is 8.46 Å². The molecule has 6 heteroatoms. The first-order valence-electron chi connectivity index (χ1n) is 10.1. The molecule has 0 aromatic heterocycles. The molecule has 0 aliphatic heterocycles. The van der Waals surface area contributed by atoms with Gasteiger partial charge < -0.3 is 18.9 Å². The van der Waals surface area contributed by atoms with Crippen molar-refractivity contribution in [3.8, 4) is 23.0 Å². The Kier molecular flexibility index (Phi) is 7.55. The lowest BCUT2D eigenvalue weighted by molar-refractivity contribution is 0.392. The Morgan fingerprint density at radius 3 is 1.47 bits per heavy atom. The summed E-state index contributed by atoms with van der Waals surface area (Å²) in [4.78, 5) is 0. The second kappa shape index (κ2) is 10.3. The highest BCUT2D eigenvalue weighted by Gasteiger charge is 2.12. The Morgan fingerprint density at radius 2 is 1.09 bits per heavy atom. The van der Waals surface area contributed by atoms with Gasteiger partial charge in [-0.05, 0) is 77.9 Å². The third kappa shape index (κ3) is 4.49. The molecule has 3 aromatic rings. The number of benzene rings is 3. The molecule has 0 bridgehead atoms. The van der Waals surface area contributed by atoms with Gasteiger partial charge in [0.1, 0.15) is 23.0 Å². The molecule has 0 aliphatic carbocycles. The molecule has 0 atom stereocenters. The van der Waals surface area contributed by atoms with Crippen LogP contribution in [-0.4, -0.2) is 28.4 Å². The second-order valence-corrected chi connectivity index (χ2v) is 7.86. The summed E-state index contributed by atoms with van der Waals surface area (Å²) in [5.41, 5.74) is 3.51. The van der Waals surface area contributed by atoms with Crippen LogP contribution in [0, 0.1) is 13.8 Å². The van der Waals surface area contributed by atoms with Crippen LogP contribution in [0.4, 0.5) is 0 Å². The van der Waals surface area contributed by atoms with E-state index in [1.165, 1.54) is 0 Å². The molecule has 0 fully saturated rings. The third-order valence-electron chi connectivity index (χ3n) is 5.46. The minimum absolute atomic E-state index is 0.0349. The average molecular weight is 450 g/mol. The molecule has 3 aromatic carbocycles. The number of rotatable bonds is 7. The van der Waals surface area contributed by atoms with Crippen LogP contribution in [0.15, 0.2) is 42.5 Å². The predicted octanol–water partition coefficient (Wildman–Crippen LogP) is 3.91. The lowest BCUT2D eigenvalue weighted by Gasteiger charge is -2.13. The Hall–Kier alpha value is -3.30. The smallest absolute Gasteiger partial charge is 0.192 e. The normalized spacial score (nSPS) is 12.2. The largest absolute Gasteiger partial charge is 0.496 e. The first-order valence-corrected chi connectivity index (χ1v) is 10.9. The summed E-state index contributed by atoms with van der Waals surface area (Å²) in [7, 11) is 6.49. The van der Waals surface area contributed by atoms with E-state index in [9.17, 15) is 4.57 Å². The minimum atomic E-state index is -0.0349. The van der Waals surface area contributed by atoms with Gasteiger partial charge in [-0.3, -0.25) is 4.57 Å². The Morgan fingerprint density at radius 1 is 0.688 bits per heavy atom. The number of hydrogen-bond acceptors (Lipinski definition) is 5. The Labute approximate surface area is 190 Å². The zero-order valence-electron chi connectivity index (χ0n) is 19.2. The number of aryl methyl sites for hydroxylation is 1. The van der Waals surface area contributed by atoms with Crippen LogP contribution in [0.5, 0.6) is 23.0 Å². The molecule has 5 nitrogen and oxygen atoms in total. The fourth-order valence-corrected chi connectivity index (χ4v) is 4.25. The third-order valence-corrected chi connectivity index (χ3v) is 6.13. The van der Waals surface area contributed by atoms with Crippen molar-refractivity contribution < 1.29 is 23.5 Å². The highest BCUT2D eigenvalue weighted by Crippen LogP contribution is 2.30. The monoisotopic (exact) mass is 450 g/mol. The topological polar surface area (TPSA) is 54.0 Å². The van der Waals surface area contributed by atoms with E-state index in [1.54, 1.807) is 28.4 Å². The molecule has 0 saturated carbocycles. The van der Waals surface area contributed by atoms with Gasteiger partial charge in [0, 0.05) is 5.30 Å². The molecule has 0 saturated heterocycles. The van der Waals surface area contributed by atoms with E-state index in [4.69, 9.17) is 18.9 Å². The summed E-state index contributed by atoms with van der Waals surface area (Å²) in [5, 5.41) is 2.61. The van der Waals surface area contributed by atoms with Crippen LogP contribution in [0.25, 0.3) is 12.2 Å². The van der Waals surface area contributed by atoms with Crippen LogP contribution in [-0.2, 0) is 4.57 Å². The molecule has 0 unspecified atom stereocenters. The summed E-state index contributed by atoms with van der Waals surface area (Å²) in [6, 6.07) is 13.3. The minimum Gasteiger partial charge on any atom is -0.496 e. The van der Waals surface area contributed by atoms with Crippen molar-refractivity contribution >= 4 is 25.9 Å². The van der Waals surface area contributed by atoms with E-state index >= 15 is 0 Å². The Bertz CT molecular complexity index is 1220. The predicted molar refractivity (Wildman–Crippen MR) is 129 cm³/mol. The zero-order chi connectivity index (χ0) is 23.3. The molecule has 3 rings (SSSR count). The fraction of sp³-hybridized carbons (Fsp3) is 0.231. The summed E-state index contributed by atoms with van der Waals surface area (Å²) in [5.74, 6) is 2.78. The molecule has 166 valence electrons. The average Bonchev–Trinajstić information content (AvgIpc) is 2.82. The number of ether oxygens (including phenoxy) is 4. The van der Waals surface area contributed by atoms with Crippen LogP contribution in [0.3, 0.4) is 0 Å². The molecule has 0 N–H and O–H groups in total. The molecular weight excluding hydrogens is 423 g/mol. The summed E-state index contributed by atoms with van der Waals surface area (Å²) >= 11 is 0. The van der Waals surface area contributed by atoms with Crippen molar-refractivity contribution in [1.82, 2.24) is 0 Å². The van der Waals surface area contributed by atoms with Gasteiger partial charge in [0.25, 0.3) is 0 Å². The number of hydrogen-bond donors (Lipinski definition) is 0. The van der Waals surface area contributed by atoms with Gasteiger partial charge in [0.2, 0.25) is 0 Å². The maximum absolute atomic E-state index is 11.9. The van der Waals surface area contributed by atoms with Crippen molar-refractivity contribution in [2.24, 2.45) is 0 Å². The van der Waals surface area contributed by atoms with Crippen LogP contribution < -0.4 is 34.7 Å². The first kappa shape index (κ1) is 23.4. The van der Waals surface area contributed by atoms with E-state index < -0.39 is 0 Å². The van der Waals surface area contributed by atoms with E-state index in [2.05, 4.69) is 0 Å². The zero-order valence-corrected chi connectivity index (χ0v) is 20.1. The molecular formula is C26H27O5P. The van der Waals surface area contributed by atoms with Gasteiger partial charge in [-0.2, -0.15) is 0 Å². The molecule has 0 heterocycles. The second-order valence-electron chi connectivity index (χ2n) is 7.20. The molecule has 0 amide bonds. The number of methoxy groups -OCH3 is 4. The van der Waals surface area contributed by atoms with Crippen LogP contribution in [0.2, 0.25) is 0 Å². The SMILES string of the molecule is COc1cccc(OC)c1C=c1c(C)cc(P=O)c(C)c1=Cc1c(OC)cccc1OC. The van der Waals surface area contributed by atoms with Gasteiger partial charge in [0.05, 0.1) is 39.6 Å². The van der Waals surface area contributed by atoms with Crippen molar-refractivity contribution in [2.75, 3.05) is 28.4 Å². The highest BCUT2D eigenvalue weighted by atomic mass is 31.1. The van der Waals surface area contributed by atoms with Gasteiger partial charge in [0.15, 0.2) is 8.46 Å². The summed E-state index contributed by atoms with van der Waals surface area (Å²) in [6.07, 6.45) is 4.06. The molecule has 32 heavy (non-hydrogen) atoms. The van der Waals surface area contributed by atoms with E-state index in [0.29, 0.717) is 23.0 Å². The van der Waals surface area contributed by atoms with Crippen molar-refractivity contribution in [2.45, 2.75) is 13.8 Å². The highest BCUT2D eigenvalue weighted by molar-refractivity contribution is 7.34. The lowest BCUT2D eigenvalue weighted by atomic mass is 10.0. The molecule has 0 aliphatic rings. The van der Waals surface area contributed by atoms with Gasteiger partial charge in [-0.1, -0.05) is 12.1 Å². The summed E-state index contributed by atoms with van der Waals surface area (Å²) in [6.45, 7) is 3.96. The maximum atomic E-state index is 11.9. The van der Waals surface area contributed by atoms with Crippen LogP contribution in [0.1, 0.15) is 22.3 Å². The fourth-order valence-electron chi connectivity index (χ4n) is 3.75. The van der Waals surface area contributed by atoms with Crippen molar-refractivity contribution in [3.05, 3.63) is 75.2 Å². The van der Waals surface area contributed by atoms with Crippen LogP contribution >= 0.6 is 8.46 Å². The van der Waals surface area contributed by atoms with Crippen molar-refractivity contribution in [3.63, 3.8) is 0 Å². The summed E-state index contributed by atoms with van der Waals surface area (Å²) < 4.78 is 34.3. The van der Waals surface area contributed by atoms with E-state index in [1.807, 2.05) is 68.5 Å². The quantitative estimate of drug-likeness (QED) is 0.511. The lowest BCUT2D eigenvalue weighted by Crippen LogP contribution is -2.34.